The summed E-state index contributed by atoms with van der Waals surface area (Å²) < 4.78 is 0. The normalized spacial score (nSPS) is 23.9. The van der Waals surface area contributed by atoms with Crippen LogP contribution in [0.4, 0.5) is 0 Å². The number of rotatable bonds is 3. The first-order valence-electron chi connectivity index (χ1n) is 6.06. The Morgan fingerprint density at radius 3 is 2.56 bits per heavy atom. The van der Waals surface area contributed by atoms with Crippen LogP contribution in [-0.2, 0) is 6.54 Å². The lowest BCUT2D eigenvalue weighted by Crippen LogP contribution is -2.32. The van der Waals surface area contributed by atoms with E-state index in [0.717, 1.165) is 13.1 Å². The second-order valence-corrected chi connectivity index (χ2v) is 5.52. The fourth-order valence-electron chi connectivity index (χ4n) is 2.44. The summed E-state index contributed by atoms with van der Waals surface area (Å²) in [6, 6.07) is 11.4. The van der Waals surface area contributed by atoms with Gasteiger partial charge >= 0.3 is 0 Å². The van der Waals surface area contributed by atoms with Gasteiger partial charge in [-0.2, -0.15) is 0 Å². The third kappa shape index (κ3) is 2.83. The number of nitrogens with one attached hydrogen (secondary N) is 1. The van der Waals surface area contributed by atoms with E-state index in [1.54, 1.807) is 0 Å². The van der Waals surface area contributed by atoms with E-state index in [0.29, 0.717) is 11.6 Å². The van der Waals surface area contributed by atoms with Gasteiger partial charge in [0.2, 0.25) is 0 Å². The van der Waals surface area contributed by atoms with Crippen molar-refractivity contribution in [2.24, 2.45) is 0 Å². The quantitative estimate of drug-likeness (QED) is 0.837. The molecule has 0 bridgehead atoms. The van der Waals surface area contributed by atoms with E-state index < -0.39 is 0 Å². The zero-order valence-corrected chi connectivity index (χ0v) is 10.5. The van der Waals surface area contributed by atoms with Crippen molar-refractivity contribution in [3.05, 3.63) is 35.9 Å². The van der Waals surface area contributed by atoms with Gasteiger partial charge in [0, 0.05) is 24.7 Å². The van der Waals surface area contributed by atoms with Gasteiger partial charge in [-0.15, -0.1) is 0 Å². The Morgan fingerprint density at radius 2 is 2.00 bits per heavy atom. The van der Waals surface area contributed by atoms with Gasteiger partial charge in [-0.3, -0.25) is 4.90 Å². The minimum absolute atomic E-state index is 0.301. The summed E-state index contributed by atoms with van der Waals surface area (Å²) in [6.07, 6.45) is 1.23. The molecule has 1 aromatic rings. The van der Waals surface area contributed by atoms with Crippen molar-refractivity contribution in [1.82, 2.24) is 10.2 Å². The first-order chi connectivity index (χ1) is 7.57. The summed E-state index contributed by atoms with van der Waals surface area (Å²) in [4.78, 5) is 2.46. The minimum atomic E-state index is 0.301. The molecule has 0 aromatic heterocycles. The monoisotopic (exact) mass is 218 g/mol. The first-order valence-corrected chi connectivity index (χ1v) is 6.06. The molecule has 2 rings (SSSR count). The summed E-state index contributed by atoms with van der Waals surface area (Å²) in [6.45, 7) is 6.71. The highest BCUT2D eigenvalue weighted by Gasteiger charge is 2.32. The van der Waals surface area contributed by atoms with Crippen molar-refractivity contribution in [2.75, 3.05) is 13.6 Å². The molecule has 1 aliphatic rings. The molecule has 1 aliphatic heterocycles. The summed E-state index contributed by atoms with van der Waals surface area (Å²) in [5.41, 5.74) is 1.70. The molecule has 2 nitrogen and oxygen atoms in total. The standard InChI is InChI=1S/C14H22N2/c1-14(2)9-13(10-15-14)16(3)11-12-7-5-4-6-8-12/h4-8,13,15H,9-11H2,1-3H3. The van der Waals surface area contributed by atoms with Crippen molar-refractivity contribution < 1.29 is 0 Å². The average molecular weight is 218 g/mol. The van der Waals surface area contributed by atoms with E-state index in [1.165, 1.54) is 12.0 Å². The summed E-state index contributed by atoms with van der Waals surface area (Å²) >= 11 is 0. The summed E-state index contributed by atoms with van der Waals surface area (Å²) in [5, 5.41) is 3.57. The van der Waals surface area contributed by atoms with Crippen LogP contribution in [0, 0.1) is 0 Å². The van der Waals surface area contributed by atoms with Gasteiger partial charge in [0.1, 0.15) is 0 Å². The maximum absolute atomic E-state index is 3.57. The van der Waals surface area contributed by atoms with Gasteiger partial charge in [-0.25, -0.2) is 0 Å². The zero-order chi connectivity index (χ0) is 11.6. The van der Waals surface area contributed by atoms with Crippen molar-refractivity contribution in [3.63, 3.8) is 0 Å². The molecule has 88 valence electrons. The van der Waals surface area contributed by atoms with Gasteiger partial charge in [-0.1, -0.05) is 30.3 Å². The Labute approximate surface area is 98.7 Å². The molecular weight excluding hydrogens is 196 g/mol. The topological polar surface area (TPSA) is 15.3 Å². The molecule has 0 amide bonds. The Hall–Kier alpha value is -0.860. The van der Waals surface area contributed by atoms with Gasteiger partial charge in [0.05, 0.1) is 0 Å². The predicted molar refractivity (Wildman–Crippen MR) is 68.4 cm³/mol. The first kappa shape index (κ1) is 11.6. The molecular formula is C14H22N2. The number of likely N-dealkylation sites (N-methyl/N-ethyl adjacent to an activating group) is 1. The predicted octanol–water partition coefficient (Wildman–Crippen LogP) is 2.26. The number of nitrogens with zero attached hydrogens (tertiary/aromatic N) is 1. The van der Waals surface area contributed by atoms with Crippen LogP contribution in [0.5, 0.6) is 0 Å². The van der Waals surface area contributed by atoms with Crippen LogP contribution >= 0.6 is 0 Å². The van der Waals surface area contributed by atoms with Crippen LogP contribution in [0.15, 0.2) is 30.3 Å². The molecule has 0 spiro atoms. The van der Waals surface area contributed by atoms with Gasteiger partial charge in [0.25, 0.3) is 0 Å². The van der Waals surface area contributed by atoms with Crippen LogP contribution < -0.4 is 5.32 Å². The largest absolute Gasteiger partial charge is 0.310 e. The average Bonchev–Trinajstić information content (AvgIpc) is 2.60. The molecule has 1 heterocycles. The fraction of sp³-hybridized carbons (Fsp3) is 0.571. The molecule has 0 aliphatic carbocycles. The van der Waals surface area contributed by atoms with E-state index in [1.807, 2.05) is 0 Å². The third-order valence-electron chi connectivity index (χ3n) is 3.46. The SMILES string of the molecule is CN(Cc1ccccc1)C1CNC(C)(C)C1. The molecule has 1 unspecified atom stereocenters. The highest BCUT2D eigenvalue weighted by Crippen LogP contribution is 2.22. The van der Waals surface area contributed by atoms with E-state index in [4.69, 9.17) is 0 Å². The smallest absolute Gasteiger partial charge is 0.0238 e. The lowest BCUT2D eigenvalue weighted by atomic mass is 10.0. The molecule has 1 aromatic carbocycles. The van der Waals surface area contributed by atoms with E-state index in [-0.39, 0.29) is 0 Å². The molecule has 0 radical (unpaired) electrons. The summed E-state index contributed by atoms with van der Waals surface area (Å²) in [5.74, 6) is 0. The second-order valence-electron chi connectivity index (χ2n) is 5.52. The molecule has 1 fully saturated rings. The van der Waals surface area contributed by atoms with Crippen LogP contribution in [0.1, 0.15) is 25.8 Å². The molecule has 2 heteroatoms. The van der Waals surface area contributed by atoms with Gasteiger partial charge < -0.3 is 5.32 Å². The lowest BCUT2D eigenvalue weighted by Gasteiger charge is -2.25. The molecule has 1 saturated heterocycles. The van der Waals surface area contributed by atoms with E-state index in [9.17, 15) is 0 Å². The van der Waals surface area contributed by atoms with Crippen LogP contribution in [0.3, 0.4) is 0 Å². The second kappa shape index (κ2) is 4.56. The molecule has 1 atom stereocenters. The Morgan fingerprint density at radius 1 is 1.31 bits per heavy atom. The highest BCUT2D eigenvalue weighted by molar-refractivity contribution is 5.14. The van der Waals surface area contributed by atoms with Gasteiger partial charge in [-0.05, 0) is 32.9 Å². The molecule has 16 heavy (non-hydrogen) atoms. The molecule has 1 N–H and O–H groups in total. The van der Waals surface area contributed by atoms with E-state index in [2.05, 4.69) is 61.4 Å². The van der Waals surface area contributed by atoms with Crippen molar-refractivity contribution in [1.29, 1.82) is 0 Å². The number of benzene rings is 1. The van der Waals surface area contributed by atoms with Crippen LogP contribution in [0.25, 0.3) is 0 Å². The van der Waals surface area contributed by atoms with Crippen LogP contribution in [0.2, 0.25) is 0 Å². The Kier molecular flexibility index (Phi) is 3.31. The maximum Gasteiger partial charge on any atom is 0.0238 e. The lowest BCUT2D eigenvalue weighted by molar-refractivity contribution is 0.240. The summed E-state index contributed by atoms with van der Waals surface area (Å²) in [7, 11) is 2.22. The number of hydrogen-bond acceptors (Lipinski definition) is 2. The van der Waals surface area contributed by atoms with E-state index >= 15 is 0 Å². The van der Waals surface area contributed by atoms with Crippen molar-refractivity contribution >= 4 is 0 Å². The Balaban J connectivity index is 1.92. The highest BCUT2D eigenvalue weighted by atomic mass is 15.2. The van der Waals surface area contributed by atoms with Gasteiger partial charge in [0.15, 0.2) is 0 Å². The van der Waals surface area contributed by atoms with Crippen molar-refractivity contribution in [2.45, 2.75) is 38.4 Å². The third-order valence-corrected chi connectivity index (χ3v) is 3.46. The fourth-order valence-corrected chi connectivity index (χ4v) is 2.44. The zero-order valence-electron chi connectivity index (χ0n) is 10.5. The van der Waals surface area contributed by atoms with Crippen molar-refractivity contribution in [3.8, 4) is 0 Å². The van der Waals surface area contributed by atoms with Crippen LogP contribution in [-0.4, -0.2) is 30.1 Å². The maximum atomic E-state index is 3.57. The Bertz CT molecular complexity index is 332. The number of hydrogen-bond donors (Lipinski definition) is 1. The molecule has 0 saturated carbocycles. The minimum Gasteiger partial charge on any atom is -0.310 e.